The van der Waals surface area contributed by atoms with E-state index in [2.05, 4.69) is 0 Å². The molecule has 1 amide bonds. The quantitative estimate of drug-likeness (QED) is 0.801. The summed E-state index contributed by atoms with van der Waals surface area (Å²) in [6, 6.07) is 16.9. The molecule has 0 bridgehead atoms. The van der Waals surface area contributed by atoms with Crippen LogP contribution in [0, 0.1) is 0 Å². The average Bonchev–Trinajstić information content (AvgIpc) is 2.97. The summed E-state index contributed by atoms with van der Waals surface area (Å²) in [6.45, 7) is 0.445. The first-order chi connectivity index (χ1) is 10.2. The molecule has 0 fully saturated rings. The normalized spacial score (nSPS) is 10.8. The first kappa shape index (κ1) is 13.4. The number of hydrogen-bond donors (Lipinski definition) is 1. The lowest BCUT2D eigenvalue weighted by Crippen LogP contribution is -2.25. The van der Waals surface area contributed by atoms with Crippen LogP contribution < -0.4 is 10.6 Å². The Morgan fingerprint density at radius 1 is 1.14 bits per heavy atom. The van der Waals surface area contributed by atoms with Crippen molar-refractivity contribution in [2.45, 2.75) is 6.54 Å². The van der Waals surface area contributed by atoms with Gasteiger partial charge in [0.1, 0.15) is 5.58 Å². The number of benzene rings is 2. The molecule has 0 aliphatic rings. The number of rotatable bonds is 3. The highest BCUT2D eigenvalue weighted by molar-refractivity contribution is 6.05. The minimum Gasteiger partial charge on any atom is -0.451 e. The van der Waals surface area contributed by atoms with E-state index in [4.69, 9.17) is 10.2 Å². The van der Waals surface area contributed by atoms with Gasteiger partial charge in [-0.15, -0.1) is 0 Å². The molecule has 1 aromatic heterocycles. The number of hydrogen-bond acceptors (Lipinski definition) is 3. The Labute approximate surface area is 122 Å². The number of carbonyl (C=O) groups is 1. The Morgan fingerprint density at radius 3 is 2.71 bits per heavy atom. The number of carbonyl (C=O) groups excluding carboxylic acids is 1. The number of nitrogens with two attached hydrogens (primary N) is 1. The molecule has 0 saturated carbocycles. The summed E-state index contributed by atoms with van der Waals surface area (Å²) >= 11 is 0. The highest BCUT2D eigenvalue weighted by Crippen LogP contribution is 2.22. The first-order valence-corrected chi connectivity index (χ1v) is 6.74. The van der Waals surface area contributed by atoms with E-state index >= 15 is 0 Å². The Hall–Kier alpha value is -2.59. The SMILES string of the molecule is CN(C(=O)c1cc2ccccc2o1)c1cccc(CN)c1. The number of nitrogens with zero attached hydrogens (tertiary/aromatic N) is 1. The number of anilines is 1. The molecule has 0 atom stereocenters. The fourth-order valence-corrected chi connectivity index (χ4v) is 2.26. The maximum absolute atomic E-state index is 12.5. The van der Waals surface area contributed by atoms with E-state index < -0.39 is 0 Å². The second kappa shape index (κ2) is 5.42. The van der Waals surface area contributed by atoms with Gasteiger partial charge in [0.15, 0.2) is 5.76 Å². The van der Waals surface area contributed by atoms with Crippen LogP contribution in [0.25, 0.3) is 11.0 Å². The lowest BCUT2D eigenvalue weighted by Gasteiger charge is -2.16. The molecular formula is C17H16N2O2. The summed E-state index contributed by atoms with van der Waals surface area (Å²) < 4.78 is 5.61. The van der Waals surface area contributed by atoms with Crippen molar-refractivity contribution in [2.24, 2.45) is 5.73 Å². The highest BCUT2D eigenvalue weighted by Gasteiger charge is 2.18. The molecule has 3 rings (SSSR count). The number of fused-ring (bicyclic) bond motifs is 1. The van der Waals surface area contributed by atoms with Crippen molar-refractivity contribution in [2.75, 3.05) is 11.9 Å². The van der Waals surface area contributed by atoms with Crippen molar-refractivity contribution in [3.05, 3.63) is 65.9 Å². The van der Waals surface area contributed by atoms with Crippen LogP contribution in [-0.4, -0.2) is 13.0 Å². The lowest BCUT2D eigenvalue weighted by molar-refractivity contribution is 0.0968. The number of furan rings is 1. The maximum atomic E-state index is 12.5. The van der Waals surface area contributed by atoms with Gasteiger partial charge < -0.3 is 15.1 Å². The predicted octanol–water partition coefficient (Wildman–Crippen LogP) is 3.17. The summed E-state index contributed by atoms with van der Waals surface area (Å²) in [5.41, 5.74) is 8.13. The average molecular weight is 280 g/mol. The molecule has 3 aromatic rings. The van der Waals surface area contributed by atoms with Gasteiger partial charge in [-0.1, -0.05) is 30.3 Å². The van der Waals surface area contributed by atoms with Gasteiger partial charge in [-0.25, -0.2) is 0 Å². The van der Waals surface area contributed by atoms with Crippen molar-refractivity contribution in [3.63, 3.8) is 0 Å². The monoisotopic (exact) mass is 280 g/mol. The zero-order valence-electron chi connectivity index (χ0n) is 11.7. The van der Waals surface area contributed by atoms with Crippen LogP contribution in [0.15, 0.2) is 59.0 Å². The van der Waals surface area contributed by atoms with E-state index in [1.807, 2.05) is 48.5 Å². The van der Waals surface area contributed by atoms with Crippen molar-refractivity contribution >= 4 is 22.6 Å². The summed E-state index contributed by atoms with van der Waals surface area (Å²) in [6.07, 6.45) is 0. The molecule has 0 radical (unpaired) electrons. The van der Waals surface area contributed by atoms with Crippen LogP contribution in [-0.2, 0) is 6.54 Å². The van der Waals surface area contributed by atoms with Crippen molar-refractivity contribution in [3.8, 4) is 0 Å². The first-order valence-electron chi connectivity index (χ1n) is 6.74. The smallest absolute Gasteiger partial charge is 0.293 e. The molecule has 0 spiro atoms. The van der Waals surface area contributed by atoms with Gasteiger partial charge in [0.05, 0.1) is 0 Å². The second-order valence-corrected chi connectivity index (χ2v) is 4.89. The summed E-state index contributed by atoms with van der Waals surface area (Å²) in [7, 11) is 1.73. The van der Waals surface area contributed by atoms with E-state index in [1.54, 1.807) is 18.0 Å². The van der Waals surface area contributed by atoms with E-state index in [1.165, 1.54) is 0 Å². The molecule has 4 nitrogen and oxygen atoms in total. The van der Waals surface area contributed by atoms with Crippen molar-refractivity contribution < 1.29 is 9.21 Å². The number of para-hydroxylation sites is 1. The fraction of sp³-hybridized carbons (Fsp3) is 0.118. The largest absolute Gasteiger partial charge is 0.451 e. The van der Waals surface area contributed by atoms with Gasteiger partial charge in [-0.05, 0) is 29.8 Å². The maximum Gasteiger partial charge on any atom is 0.293 e. The Balaban J connectivity index is 1.93. The third kappa shape index (κ3) is 2.53. The molecule has 0 aliphatic heterocycles. The third-order valence-electron chi connectivity index (χ3n) is 3.47. The van der Waals surface area contributed by atoms with E-state index in [0.29, 0.717) is 17.9 Å². The summed E-state index contributed by atoms with van der Waals surface area (Å²) in [4.78, 5) is 14.1. The lowest BCUT2D eigenvalue weighted by atomic mass is 10.2. The van der Waals surface area contributed by atoms with Crippen LogP contribution in [0.2, 0.25) is 0 Å². The molecule has 1 heterocycles. The van der Waals surface area contributed by atoms with Gasteiger partial charge in [0.2, 0.25) is 0 Å². The fourth-order valence-electron chi connectivity index (χ4n) is 2.26. The van der Waals surface area contributed by atoms with Gasteiger partial charge in [0, 0.05) is 24.7 Å². The molecule has 106 valence electrons. The molecule has 2 aromatic carbocycles. The minimum atomic E-state index is -0.180. The van der Waals surface area contributed by atoms with Gasteiger partial charge in [0.25, 0.3) is 5.91 Å². The zero-order valence-corrected chi connectivity index (χ0v) is 11.7. The second-order valence-electron chi connectivity index (χ2n) is 4.89. The topological polar surface area (TPSA) is 59.5 Å². The van der Waals surface area contributed by atoms with E-state index in [-0.39, 0.29) is 5.91 Å². The van der Waals surface area contributed by atoms with Crippen LogP contribution in [0.4, 0.5) is 5.69 Å². The molecule has 21 heavy (non-hydrogen) atoms. The highest BCUT2D eigenvalue weighted by atomic mass is 16.3. The van der Waals surface area contributed by atoms with Gasteiger partial charge in [-0.3, -0.25) is 4.79 Å². The zero-order chi connectivity index (χ0) is 14.8. The molecule has 0 aliphatic carbocycles. The predicted molar refractivity (Wildman–Crippen MR) is 83.3 cm³/mol. The van der Waals surface area contributed by atoms with Crippen molar-refractivity contribution in [1.82, 2.24) is 0 Å². The Bertz CT molecular complexity index is 759. The molecular weight excluding hydrogens is 264 g/mol. The number of amides is 1. The van der Waals surface area contributed by atoms with Crippen LogP contribution >= 0.6 is 0 Å². The van der Waals surface area contributed by atoms with Gasteiger partial charge >= 0.3 is 0 Å². The standard InChI is InChI=1S/C17H16N2O2/c1-19(14-7-4-5-12(9-14)11-18)17(20)16-10-13-6-2-3-8-15(13)21-16/h2-10H,11,18H2,1H3. The van der Waals surface area contributed by atoms with Crippen LogP contribution in [0.1, 0.15) is 16.1 Å². The molecule has 2 N–H and O–H groups in total. The Morgan fingerprint density at radius 2 is 1.95 bits per heavy atom. The van der Waals surface area contributed by atoms with E-state index in [0.717, 1.165) is 16.6 Å². The van der Waals surface area contributed by atoms with Crippen LogP contribution in [0.5, 0.6) is 0 Å². The third-order valence-corrected chi connectivity index (χ3v) is 3.47. The Kier molecular flexibility index (Phi) is 3.46. The molecule has 0 unspecified atom stereocenters. The molecule has 4 heteroatoms. The minimum absolute atomic E-state index is 0.180. The van der Waals surface area contributed by atoms with Gasteiger partial charge in [-0.2, -0.15) is 0 Å². The van der Waals surface area contributed by atoms with Crippen molar-refractivity contribution in [1.29, 1.82) is 0 Å². The van der Waals surface area contributed by atoms with Crippen LogP contribution in [0.3, 0.4) is 0 Å². The summed E-state index contributed by atoms with van der Waals surface area (Å²) in [5, 5.41) is 0.921. The summed E-state index contributed by atoms with van der Waals surface area (Å²) in [5.74, 6) is 0.150. The van der Waals surface area contributed by atoms with E-state index in [9.17, 15) is 4.79 Å². The molecule has 0 saturated heterocycles.